The molecule has 4 nitrogen and oxygen atoms in total. The smallest absolute Gasteiger partial charge is 0.416 e. The van der Waals surface area contributed by atoms with Crippen molar-refractivity contribution in [3.63, 3.8) is 0 Å². The molecule has 146 valence electrons. The van der Waals surface area contributed by atoms with Crippen molar-refractivity contribution in [1.29, 1.82) is 0 Å². The minimum absolute atomic E-state index is 0.00263. The molecular weight excluding hydrogens is 371 g/mol. The van der Waals surface area contributed by atoms with E-state index >= 15 is 0 Å². The van der Waals surface area contributed by atoms with E-state index in [1.54, 1.807) is 30.3 Å². The first-order valence-corrected chi connectivity index (χ1v) is 8.65. The van der Waals surface area contributed by atoms with Crippen molar-refractivity contribution in [3.8, 4) is 11.5 Å². The Bertz CT molecular complexity index is 969. The second-order valence-corrected chi connectivity index (χ2v) is 6.15. The summed E-state index contributed by atoms with van der Waals surface area (Å²) in [6.07, 6.45) is -3.92. The number of aliphatic hydroxyl groups is 1. The third-order valence-electron chi connectivity index (χ3n) is 4.13. The van der Waals surface area contributed by atoms with Gasteiger partial charge in [-0.3, -0.25) is 4.79 Å². The van der Waals surface area contributed by atoms with Crippen LogP contribution in [-0.2, 0) is 6.18 Å². The Balaban J connectivity index is 1.82. The largest absolute Gasteiger partial charge is 0.457 e. The average molecular weight is 389 g/mol. The normalized spacial score (nSPS) is 11.4. The fraction of sp³-hybridized carbons (Fsp3) is 0.190. The molecule has 0 atom stereocenters. The lowest BCUT2D eigenvalue weighted by molar-refractivity contribution is -0.137. The molecule has 28 heavy (non-hydrogen) atoms. The lowest BCUT2D eigenvalue weighted by atomic mass is 10.1. The van der Waals surface area contributed by atoms with Crippen molar-refractivity contribution in [2.75, 3.05) is 13.2 Å². The van der Waals surface area contributed by atoms with E-state index in [0.717, 1.165) is 22.9 Å². The highest BCUT2D eigenvalue weighted by molar-refractivity contribution is 5.99. The Morgan fingerprint density at radius 3 is 2.46 bits per heavy atom. The van der Waals surface area contributed by atoms with E-state index in [1.807, 2.05) is 6.07 Å². The van der Waals surface area contributed by atoms with Crippen LogP contribution in [0.4, 0.5) is 13.2 Å². The molecule has 2 N–H and O–H groups in total. The van der Waals surface area contributed by atoms with E-state index in [2.05, 4.69) is 5.32 Å². The van der Waals surface area contributed by atoms with E-state index in [-0.39, 0.29) is 18.3 Å². The highest BCUT2D eigenvalue weighted by atomic mass is 19.4. The zero-order chi connectivity index (χ0) is 20.1. The second-order valence-electron chi connectivity index (χ2n) is 6.15. The van der Waals surface area contributed by atoms with Crippen LogP contribution in [0.5, 0.6) is 11.5 Å². The van der Waals surface area contributed by atoms with Crippen LogP contribution in [0.25, 0.3) is 10.8 Å². The van der Waals surface area contributed by atoms with Gasteiger partial charge in [-0.1, -0.05) is 12.1 Å². The summed E-state index contributed by atoms with van der Waals surface area (Å²) in [5, 5.41) is 13.0. The van der Waals surface area contributed by atoms with Gasteiger partial charge >= 0.3 is 6.18 Å². The molecule has 0 aliphatic heterocycles. The third kappa shape index (κ3) is 4.61. The van der Waals surface area contributed by atoms with Crippen molar-refractivity contribution in [2.45, 2.75) is 12.6 Å². The Morgan fingerprint density at radius 1 is 1.04 bits per heavy atom. The van der Waals surface area contributed by atoms with E-state index in [0.29, 0.717) is 24.3 Å². The van der Waals surface area contributed by atoms with Crippen molar-refractivity contribution >= 4 is 16.7 Å². The first-order chi connectivity index (χ1) is 13.4. The summed E-state index contributed by atoms with van der Waals surface area (Å²) in [5.74, 6) is 0.514. The molecule has 1 amide bonds. The lowest BCUT2D eigenvalue weighted by Crippen LogP contribution is -2.24. The van der Waals surface area contributed by atoms with Crippen molar-refractivity contribution in [1.82, 2.24) is 5.32 Å². The predicted octanol–water partition coefficient (Wildman–Crippen LogP) is 4.76. The maximum atomic E-state index is 12.7. The Labute approximate surface area is 159 Å². The Hall–Kier alpha value is -3.06. The van der Waals surface area contributed by atoms with E-state index in [4.69, 9.17) is 9.84 Å². The van der Waals surface area contributed by atoms with Crippen LogP contribution >= 0.6 is 0 Å². The average Bonchev–Trinajstić information content (AvgIpc) is 2.67. The van der Waals surface area contributed by atoms with Gasteiger partial charge in [0.25, 0.3) is 5.91 Å². The zero-order valence-electron chi connectivity index (χ0n) is 14.8. The summed E-state index contributed by atoms with van der Waals surface area (Å²) in [4.78, 5) is 12.1. The molecule has 0 heterocycles. The number of halogens is 3. The molecule has 3 aromatic rings. The first kappa shape index (κ1) is 19.7. The fourth-order valence-corrected chi connectivity index (χ4v) is 2.71. The topological polar surface area (TPSA) is 58.6 Å². The quantitative estimate of drug-likeness (QED) is 0.598. The van der Waals surface area contributed by atoms with Crippen LogP contribution in [0.1, 0.15) is 22.3 Å². The molecule has 0 bridgehead atoms. The molecular formula is C21H18F3NO3. The number of carbonyl (C=O) groups is 1. The molecule has 3 rings (SSSR count). The molecule has 0 unspecified atom stereocenters. The number of hydrogen-bond donors (Lipinski definition) is 2. The Kier molecular flexibility index (Phi) is 5.84. The summed E-state index contributed by atoms with van der Waals surface area (Å²) in [6, 6.07) is 14.8. The Morgan fingerprint density at radius 2 is 1.79 bits per heavy atom. The monoisotopic (exact) mass is 389 g/mol. The van der Waals surface area contributed by atoms with Gasteiger partial charge in [-0.2, -0.15) is 13.2 Å². The summed E-state index contributed by atoms with van der Waals surface area (Å²) in [7, 11) is 0. The van der Waals surface area contributed by atoms with Crippen molar-refractivity contribution in [3.05, 3.63) is 71.8 Å². The van der Waals surface area contributed by atoms with Crippen LogP contribution in [-0.4, -0.2) is 24.2 Å². The molecule has 0 spiro atoms. The molecule has 3 aromatic carbocycles. The number of benzene rings is 3. The summed E-state index contributed by atoms with van der Waals surface area (Å²) < 4.78 is 43.8. The number of amides is 1. The van der Waals surface area contributed by atoms with Crippen molar-refractivity contribution < 1.29 is 27.8 Å². The SMILES string of the molecule is O=C(NCCCO)c1ccc2c(Oc3ccc(C(F)(F)F)cc3)cccc2c1. The number of aliphatic hydroxyl groups excluding tert-OH is 1. The van der Waals surface area contributed by atoms with Gasteiger partial charge in [-0.05, 0) is 60.3 Å². The predicted molar refractivity (Wildman–Crippen MR) is 99.5 cm³/mol. The summed E-state index contributed by atoms with van der Waals surface area (Å²) in [5.41, 5.74) is -0.272. The van der Waals surface area contributed by atoms with Gasteiger partial charge in [-0.15, -0.1) is 0 Å². The number of nitrogens with one attached hydrogen (secondary N) is 1. The highest BCUT2D eigenvalue weighted by Crippen LogP contribution is 2.33. The van der Waals surface area contributed by atoms with Crippen LogP contribution < -0.4 is 10.1 Å². The molecule has 0 aliphatic carbocycles. The number of rotatable bonds is 6. The summed E-state index contributed by atoms with van der Waals surface area (Å²) >= 11 is 0. The standard InChI is InChI=1S/C21H18F3NO3/c22-21(23,24)16-6-8-17(9-7-16)28-19-4-1-3-14-13-15(5-10-18(14)19)20(27)25-11-2-12-26/h1,3-10,13,26H,2,11-12H2,(H,25,27). The van der Waals surface area contributed by atoms with Crippen LogP contribution in [0, 0.1) is 0 Å². The fourth-order valence-electron chi connectivity index (χ4n) is 2.71. The van der Waals surface area contributed by atoms with Crippen molar-refractivity contribution in [2.24, 2.45) is 0 Å². The molecule has 0 aliphatic rings. The molecule has 0 radical (unpaired) electrons. The van der Waals surface area contributed by atoms with Crippen LogP contribution in [0.3, 0.4) is 0 Å². The zero-order valence-corrected chi connectivity index (χ0v) is 14.8. The number of fused-ring (bicyclic) bond motifs is 1. The lowest BCUT2D eigenvalue weighted by Gasteiger charge is -2.12. The number of ether oxygens (including phenoxy) is 1. The second kappa shape index (κ2) is 8.31. The molecule has 0 fully saturated rings. The highest BCUT2D eigenvalue weighted by Gasteiger charge is 2.30. The number of alkyl halides is 3. The van der Waals surface area contributed by atoms with Gasteiger partial charge < -0.3 is 15.2 Å². The van der Waals surface area contributed by atoms with E-state index < -0.39 is 11.7 Å². The van der Waals surface area contributed by atoms with Gasteiger partial charge in [0.05, 0.1) is 5.56 Å². The van der Waals surface area contributed by atoms with Crippen LogP contribution in [0.2, 0.25) is 0 Å². The minimum Gasteiger partial charge on any atom is -0.457 e. The minimum atomic E-state index is -4.40. The van der Waals surface area contributed by atoms with Gasteiger partial charge in [0.2, 0.25) is 0 Å². The van der Waals surface area contributed by atoms with Gasteiger partial charge in [-0.25, -0.2) is 0 Å². The molecule has 0 saturated carbocycles. The van der Waals surface area contributed by atoms with Gasteiger partial charge in [0.1, 0.15) is 11.5 Å². The summed E-state index contributed by atoms with van der Waals surface area (Å²) in [6.45, 7) is 0.382. The first-order valence-electron chi connectivity index (χ1n) is 8.65. The molecule has 0 aromatic heterocycles. The molecule has 0 saturated heterocycles. The number of hydrogen-bond acceptors (Lipinski definition) is 3. The van der Waals surface area contributed by atoms with Gasteiger partial charge in [0, 0.05) is 24.1 Å². The number of carbonyl (C=O) groups excluding carboxylic acids is 1. The molecule has 7 heteroatoms. The van der Waals surface area contributed by atoms with E-state index in [1.165, 1.54) is 12.1 Å². The van der Waals surface area contributed by atoms with Crippen LogP contribution in [0.15, 0.2) is 60.7 Å². The maximum Gasteiger partial charge on any atom is 0.416 e. The van der Waals surface area contributed by atoms with E-state index in [9.17, 15) is 18.0 Å². The maximum absolute atomic E-state index is 12.7. The van der Waals surface area contributed by atoms with Gasteiger partial charge in [0.15, 0.2) is 0 Å². The third-order valence-corrected chi connectivity index (χ3v) is 4.13.